The van der Waals surface area contributed by atoms with Crippen LogP contribution in [0.1, 0.15) is 92.4 Å². The summed E-state index contributed by atoms with van der Waals surface area (Å²) in [6, 6.07) is 0. The molecule has 0 unspecified atom stereocenters. The Morgan fingerprint density at radius 3 is 2.60 bits per heavy atom. The van der Waals surface area contributed by atoms with E-state index >= 15 is 0 Å². The van der Waals surface area contributed by atoms with Crippen LogP contribution in [0.25, 0.3) is 0 Å². The summed E-state index contributed by atoms with van der Waals surface area (Å²) in [5.41, 5.74) is 3.08. The van der Waals surface area contributed by atoms with Gasteiger partial charge in [-0.25, -0.2) is 0 Å². The monoisotopic (exact) mass is 608 g/mol. The minimum absolute atomic E-state index is 0.0393. The lowest BCUT2D eigenvalue weighted by atomic mass is 9.81. The number of hydrogen-bond donors (Lipinski definition) is 0. The molecule has 0 amide bonds. The molecule has 1 aliphatic heterocycles. The van der Waals surface area contributed by atoms with Crippen molar-refractivity contribution in [2.24, 2.45) is 23.2 Å². The first-order valence-corrected chi connectivity index (χ1v) is 20.6. The molecule has 3 fully saturated rings. The van der Waals surface area contributed by atoms with Crippen LogP contribution in [0.15, 0.2) is 23.3 Å². The molecule has 0 bridgehead atoms. The van der Waals surface area contributed by atoms with Crippen molar-refractivity contribution >= 4 is 37.6 Å². The van der Waals surface area contributed by atoms with E-state index in [1.54, 1.807) is 12.7 Å². The highest BCUT2D eigenvalue weighted by Crippen LogP contribution is 2.69. The van der Waals surface area contributed by atoms with Gasteiger partial charge in [0.15, 0.2) is 8.32 Å². The normalized spacial score (nSPS) is 31.3. The maximum absolute atomic E-state index is 14.3. The van der Waals surface area contributed by atoms with Crippen molar-refractivity contribution < 1.29 is 18.7 Å². The highest BCUT2D eigenvalue weighted by atomic mass is 32.2. The predicted octanol–water partition coefficient (Wildman–Crippen LogP) is 9.02. The first-order chi connectivity index (χ1) is 18.8. The number of hydrogen-bond acceptors (Lipinski definition) is 6. The van der Waals surface area contributed by atoms with Crippen molar-refractivity contribution in [2.45, 2.75) is 121 Å². The van der Waals surface area contributed by atoms with Crippen molar-refractivity contribution in [2.75, 3.05) is 32.0 Å². The van der Waals surface area contributed by atoms with E-state index < -0.39 is 8.32 Å². The number of methoxy groups -OCH3 is 1. The van der Waals surface area contributed by atoms with E-state index in [9.17, 15) is 4.79 Å². The molecule has 3 aliphatic carbocycles. The fraction of sp³-hybridized carbons (Fsp3) is 0.848. The van der Waals surface area contributed by atoms with E-state index in [-0.39, 0.29) is 32.5 Å². The Hall–Kier alpha value is -0.0531. The maximum atomic E-state index is 14.3. The summed E-state index contributed by atoms with van der Waals surface area (Å²) >= 11 is 4.33. The summed E-state index contributed by atoms with van der Waals surface area (Å²) in [5.74, 6) is 3.81. The number of ketones is 1. The van der Waals surface area contributed by atoms with Crippen LogP contribution in [0.2, 0.25) is 18.1 Å². The van der Waals surface area contributed by atoms with E-state index in [0.717, 1.165) is 44.9 Å². The molecule has 2 saturated carbocycles. The zero-order chi connectivity index (χ0) is 29.2. The molecule has 4 aliphatic rings. The van der Waals surface area contributed by atoms with Gasteiger partial charge in [0.05, 0.1) is 16.8 Å². The van der Waals surface area contributed by atoms with Gasteiger partial charge in [-0.2, -0.15) is 0 Å². The summed E-state index contributed by atoms with van der Waals surface area (Å²) in [6.45, 7) is 17.3. The van der Waals surface area contributed by atoms with E-state index in [1.807, 2.05) is 0 Å². The van der Waals surface area contributed by atoms with Gasteiger partial charge in [-0.3, -0.25) is 4.79 Å². The molecule has 1 saturated heterocycles. The van der Waals surface area contributed by atoms with Crippen LogP contribution >= 0.6 is 23.5 Å². The molecule has 0 aromatic carbocycles. The number of fused-ring (bicyclic) bond motifs is 1. The third-order valence-electron chi connectivity index (χ3n) is 10.6. The zero-order valence-corrected chi connectivity index (χ0v) is 29.2. The van der Waals surface area contributed by atoms with Crippen molar-refractivity contribution in [3.8, 4) is 0 Å². The molecule has 4 rings (SSSR count). The van der Waals surface area contributed by atoms with Gasteiger partial charge in [0.25, 0.3) is 0 Å². The smallest absolute Gasteiger partial charge is 0.192 e. The molecule has 1 heterocycles. The Balaban J connectivity index is 1.51. The fourth-order valence-electron chi connectivity index (χ4n) is 7.19. The lowest BCUT2D eigenvalue weighted by molar-refractivity contribution is -0.128. The van der Waals surface area contributed by atoms with Gasteiger partial charge in [-0.1, -0.05) is 51.0 Å². The minimum Gasteiger partial charge on any atom is -0.413 e. The Kier molecular flexibility index (Phi) is 10.9. The van der Waals surface area contributed by atoms with Gasteiger partial charge < -0.3 is 13.9 Å². The number of carbonyl (C=O) groups is 1. The highest BCUT2D eigenvalue weighted by molar-refractivity contribution is 8.18. The summed E-state index contributed by atoms with van der Waals surface area (Å²) in [4.78, 5) is 14.3. The number of rotatable bonds is 13. The standard InChI is InChI=1S/C33H56O4S2Si/c1-24(22-36-23-35-6)12-9-18-33(38-20-11-21-39-33)19-16-27(37-40(7,8)31(2,3)4)26-15-14-25-13-10-17-32(5)28(25)29(32)30(26)34/h12-13,26-29H,9-11,14-23H2,1-8H3/b24-12+/t26-,27-,28-,29-,32-/m0/s1. The van der Waals surface area contributed by atoms with Crippen LogP contribution in [0, 0.1) is 23.2 Å². The second-order valence-electron chi connectivity index (χ2n) is 14.6. The Morgan fingerprint density at radius 2 is 1.93 bits per heavy atom. The summed E-state index contributed by atoms with van der Waals surface area (Å²) in [6.07, 6.45) is 14.9. The molecule has 0 radical (unpaired) electrons. The topological polar surface area (TPSA) is 44.8 Å². The van der Waals surface area contributed by atoms with E-state index in [4.69, 9.17) is 13.9 Å². The quantitative estimate of drug-likeness (QED) is 0.0900. The van der Waals surface area contributed by atoms with Crippen LogP contribution in [-0.2, 0) is 18.7 Å². The van der Waals surface area contributed by atoms with Gasteiger partial charge in [0.2, 0.25) is 0 Å². The van der Waals surface area contributed by atoms with Crippen molar-refractivity contribution in [1.82, 2.24) is 0 Å². The molecular weight excluding hydrogens is 553 g/mol. The minimum atomic E-state index is -2.03. The Labute approximate surface area is 254 Å². The number of Topliss-reactive ketones (excluding diaryl/α,β-unsaturated/α-hetero) is 1. The molecule has 0 spiro atoms. The van der Waals surface area contributed by atoms with Gasteiger partial charge in [-0.15, -0.1) is 23.5 Å². The van der Waals surface area contributed by atoms with Crippen LogP contribution < -0.4 is 0 Å². The SMILES string of the molecule is COCOC/C(C)=C/CCC1(CC[C@H](O[Si](C)(C)C(C)(C)C)[C@@H]2CCC3=CCC[C@]4(C)[C@H](C2=O)[C@H]34)SCCCS1. The second kappa shape index (κ2) is 13.3. The van der Waals surface area contributed by atoms with Crippen molar-refractivity contribution in [3.05, 3.63) is 23.3 Å². The first kappa shape index (κ1) is 32.9. The summed E-state index contributed by atoms with van der Waals surface area (Å²) < 4.78 is 18.0. The molecule has 7 heteroatoms. The Morgan fingerprint density at radius 1 is 1.20 bits per heavy atom. The molecule has 0 aromatic heterocycles. The molecule has 4 nitrogen and oxygen atoms in total. The van der Waals surface area contributed by atoms with E-state index in [1.165, 1.54) is 29.9 Å². The zero-order valence-electron chi connectivity index (χ0n) is 26.6. The first-order valence-electron chi connectivity index (χ1n) is 15.7. The fourth-order valence-corrected chi connectivity index (χ4v) is 12.0. The van der Waals surface area contributed by atoms with Crippen LogP contribution in [0.3, 0.4) is 0 Å². The predicted molar refractivity (Wildman–Crippen MR) is 175 cm³/mol. The van der Waals surface area contributed by atoms with Gasteiger partial charge >= 0.3 is 0 Å². The molecule has 228 valence electrons. The lowest BCUT2D eigenvalue weighted by Gasteiger charge is -2.43. The summed E-state index contributed by atoms with van der Waals surface area (Å²) in [5, 5.41) is 0.130. The van der Waals surface area contributed by atoms with E-state index in [0.29, 0.717) is 25.1 Å². The molecule has 0 N–H and O–H groups in total. The average Bonchev–Trinajstić information content (AvgIpc) is 3.56. The third-order valence-corrected chi connectivity index (χ3v) is 18.7. The van der Waals surface area contributed by atoms with Crippen LogP contribution in [0.5, 0.6) is 0 Å². The lowest BCUT2D eigenvalue weighted by Crippen LogP contribution is -2.47. The number of allylic oxidation sites excluding steroid dienone is 3. The molecular formula is C33H56O4S2Si. The third kappa shape index (κ3) is 7.35. The number of carbonyl (C=O) groups excluding carboxylic acids is 1. The average molecular weight is 609 g/mol. The second-order valence-corrected chi connectivity index (χ2v) is 22.6. The number of thioether (sulfide) groups is 2. The molecule has 5 atom stereocenters. The maximum Gasteiger partial charge on any atom is 0.192 e. The van der Waals surface area contributed by atoms with Crippen molar-refractivity contribution in [3.63, 3.8) is 0 Å². The molecule has 40 heavy (non-hydrogen) atoms. The van der Waals surface area contributed by atoms with Gasteiger partial charge in [-0.05, 0) is 106 Å². The summed E-state index contributed by atoms with van der Waals surface area (Å²) in [7, 11) is -0.371. The molecule has 0 aromatic rings. The van der Waals surface area contributed by atoms with Crippen LogP contribution in [-0.4, -0.2) is 56.3 Å². The number of ether oxygens (including phenoxy) is 2. The highest BCUT2D eigenvalue weighted by Gasteiger charge is 2.68. The van der Waals surface area contributed by atoms with E-state index in [2.05, 4.69) is 83.4 Å². The largest absolute Gasteiger partial charge is 0.413 e. The van der Waals surface area contributed by atoms with Crippen molar-refractivity contribution in [1.29, 1.82) is 0 Å². The van der Waals surface area contributed by atoms with Gasteiger partial charge in [0, 0.05) is 18.9 Å². The van der Waals surface area contributed by atoms with Gasteiger partial charge in [0.1, 0.15) is 12.6 Å². The van der Waals surface area contributed by atoms with Crippen LogP contribution in [0.4, 0.5) is 0 Å². The Bertz CT molecular complexity index is 949.